The van der Waals surface area contributed by atoms with E-state index in [0.29, 0.717) is 12.5 Å². The van der Waals surface area contributed by atoms with Crippen LogP contribution in [0.5, 0.6) is 5.75 Å². The third-order valence-electron chi connectivity index (χ3n) is 2.60. The predicted molar refractivity (Wildman–Crippen MR) is 74.9 cm³/mol. The van der Waals surface area contributed by atoms with Crippen LogP contribution in [-0.2, 0) is 0 Å². The Hall–Kier alpha value is -1.47. The fourth-order valence-corrected chi connectivity index (χ4v) is 1.98. The van der Waals surface area contributed by atoms with Crippen LogP contribution < -0.4 is 4.74 Å². The maximum absolute atomic E-state index is 5.70. The molecule has 0 bridgehead atoms. The Morgan fingerprint density at radius 1 is 1.18 bits per heavy atom. The minimum absolute atomic E-state index is 0.509. The second kappa shape index (κ2) is 5.74. The number of hydrogen-bond donors (Lipinski definition) is 0. The second-order valence-electron chi connectivity index (χ2n) is 3.69. The van der Waals surface area contributed by atoms with Crippen molar-refractivity contribution in [2.45, 2.75) is 6.92 Å². The van der Waals surface area contributed by atoms with E-state index in [1.54, 1.807) is 0 Å². The number of alkyl halides is 1. The van der Waals surface area contributed by atoms with Gasteiger partial charge in [0.15, 0.2) is 0 Å². The van der Waals surface area contributed by atoms with Gasteiger partial charge in [0.25, 0.3) is 0 Å². The average molecular weight is 247 g/mol. The summed E-state index contributed by atoms with van der Waals surface area (Å²) in [6.45, 7) is 2.66. The summed E-state index contributed by atoms with van der Waals surface area (Å²) in [6, 6.07) is 12.4. The van der Waals surface area contributed by atoms with E-state index in [9.17, 15) is 0 Å². The van der Waals surface area contributed by atoms with E-state index in [4.69, 9.17) is 16.3 Å². The number of halogens is 1. The van der Waals surface area contributed by atoms with Crippen LogP contribution in [0.3, 0.4) is 0 Å². The molecular weight excluding hydrogens is 232 g/mol. The van der Waals surface area contributed by atoms with Gasteiger partial charge in [0.05, 0.1) is 6.61 Å². The number of fused-ring (bicyclic) bond motifs is 1. The predicted octanol–water partition coefficient (Wildman–Crippen LogP) is 4.49. The van der Waals surface area contributed by atoms with Crippen LogP contribution in [-0.4, -0.2) is 12.5 Å². The van der Waals surface area contributed by atoms with Crippen LogP contribution in [0.4, 0.5) is 0 Å². The molecule has 0 unspecified atom stereocenters. The third-order valence-corrected chi connectivity index (χ3v) is 2.78. The van der Waals surface area contributed by atoms with Crippen molar-refractivity contribution in [3.05, 3.63) is 48.0 Å². The first-order valence-electron chi connectivity index (χ1n) is 5.74. The maximum atomic E-state index is 5.70. The first-order chi connectivity index (χ1) is 8.36. The zero-order valence-corrected chi connectivity index (χ0v) is 10.6. The average Bonchev–Trinajstić information content (AvgIpc) is 2.37. The Labute approximate surface area is 107 Å². The molecule has 0 spiro atoms. The molecule has 0 aliphatic carbocycles. The molecule has 0 aromatic heterocycles. The zero-order chi connectivity index (χ0) is 12.1. The molecule has 1 nitrogen and oxygen atoms in total. The van der Waals surface area contributed by atoms with E-state index >= 15 is 0 Å². The Bertz CT molecular complexity index is 531. The van der Waals surface area contributed by atoms with Crippen molar-refractivity contribution < 1.29 is 4.74 Å². The second-order valence-corrected chi connectivity index (χ2v) is 4.00. The van der Waals surface area contributed by atoms with E-state index in [2.05, 4.69) is 18.2 Å². The summed E-state index contributed by atoms with van der Waals surface area (Å²) < 4.78 is 5.65. The Morgan fingerprint density at radius 2 is 2.00 bits per heavy atom. The van der Waals surface area contributed by atoms with E-state index in [1.807, 2.05) is 37.3 Å². The lowest BCUT2D eigenvalue weighted by Gasteiger charge is -2.10. The van der Waals surface area contributed by atoms with Crippen LogP contribution in [0.2, 0.25) is 0 Å². The summed E-state index contributed by atoms with van der Waals surface area (Å²) in [5, 5.41) is 2.41. The number of hydrogen-bond acceptors (Lipinski definition) is 1. The molecule has 2 aromatic rings. The van der Waals surface area contributed by atoms with Crippen molar-refractivity contribution >= 4 is 28.4 Å². The molecule has 2 rings (SSSR count). The fourth-order valence-electron chi connectivity index (χ4n) is 1.89. The van der Waals surface area contributed by atoms with Gasteiger partial charge in [-0.15, -0.1) is 11.6 Å². The summed E-state index contributed by atoms with van der Waals surface area (Å²) in [7, 11) is 0. The van der Waals surface area contributed by atoms with E-state index in [0.717, 1.165) is 11.3 Å². The largest absolute Gasteiger partial charge is 0.493 e. The van der Waals surface area contributed by atoms with Gasteiger partial charge < -0.3 is 4.74 Å². The summed E-state index contributed by atoms with van der Waals surface area (Å²) in [5.74, 6) is 1.42. The minimum Gasteiger partial charge on any atom is -0.493 e. The van der Waals surface area contributed by atoms with Gasteiger partial charge >= 0.3 is 0 Å². The van der Waals surface area contributed by atoms with Gasteiger partial charge in [-0.05, 0) is 23.8 Å². The van der Waals surface area contributed by atoms with Crippen LogP contribution in [0.25, 0.3) is 16.8 Å². The minimum atomic E-state index is 0.509. The normalized spacial score (nSPS) is 11.2. The molecule has 88 valence electrons. The molecule has 0 amide bonds. The van der Waals surface area contributed by atoms with E-state index in [-0.39, 0.29) is 0 Å². The first-order valence-corrected chi connectivity index (χ1v) is 6.27. The van der Waals surface area contributed by atoms with Crippen LogP contribution >= 0.6 is 11.6 Å². The number of allylic oxidation sites excluding steroid dienone is 1. The molecule has 0 heterocycles. The van der Waals surface area contributed by atoms with Gasteiger partial charge in [-0.25, -0.2) is 0 Å². The molecule has 17 heavy (non-hydrogen) atoms. The van der Waals surface area contributed by atoms with Crippen LogP contribution in [0.1, 0.15) is 12.5 Å². The molecule has 2 aromatic carbocycles. The van der Waals surface area contributed by atoms with Gasteiger partial charge in [0.1, 0.15) is 5.75 Å². The summed E-state index contributed by atoms with van der Waals surface area (Å²) in [4.78, 5) is 0. The summed E-state index contributed by atoms with van der Waals surface area (Å²) in [6.07, 6.45) is 3.96. The molecule has 0 aliphatic rings. The number of rotatable bonds is 4. The van der Waals surface area contributed by atoms with Crippen LogP contribution in [0, 0.1) is 0 Å². The highest BCUT2D eigenvalue weighted by atomic mass is 35.5. The number of ether oxygens (including phenoxy) is 1. The molecule has 0 saturated heterocycles. The van der Waals surface area contributed by atoms with Crippen molar-refractivity contribution in [2.24, 2.45) is 0 Å². The molecule has 0 saturated carbocycles. The van der Waals surface area contributed by atoms with E-state index < -0.39 is 0 Å². The van der Waals surface area contributed by atoms with Crippen molar-refractivity contribution in [1.29, 1.82) is 0 Å². The summed E-state index contributed by atoms with van der Waals surface area (Å²) in [5.41, 5.74) is 1.10. The lowest BCUT2D eigenvalue weighted by atomic mass is 10.0. The lowest BCUT2D eigenvalue weighted by Crippen LogP contribution is -1.94. The van der Waals surface area contributed by atoms with E-state index in [1.165, 1.54) is 10.8 Å². The summed E-state index contributed by atoms with van der Waals surface area (Å²) >= 11 is 5.70. The maximum Gasteiger partial charge on any atom is 0.127 e. The first kappa shape index (κ1) is 12.0. The molecule has 0 fully saturated rings. The van der Waals surface area contributed by atoms with Crippen LogP contribution in [0.15, 0.2) is 42.5 Å². The molecule has 0 aliphatic heterocycles. The highest BCUT2D eigenvalue weighted by molar-refractivity contribution is 6.19. The molecule has 0 radical (unpaired) electrons. The Kier molecular flexibility index (Phi) is 4.05. The van der Waals surface area contributed by atoms with Crippen molar-refractivity contribution in [1.82, 2.24) is 0 Å². The molecule has 2 heteroatoms. The topological polar surface area (TPSA) is 9.23 Å². The van der Waals surface area contributed by atoms with Gasteiger partial charge in [-0.1, -0.05) is 42.5 Å². The quantitative estimate of drug-likeness (QED) is 0.723. The van der Waals surface area contributed by atoms with Gasteiger partial charge in [0, 0.05) is 11.4 Å². The zero-order valence-electron chi connectivity index (χ0n) is 9.82. The van der Waals surface area contributed by atoms with Crippen molar-refractivity contribution in [2.75, 3.05) is 12.5 Å². The fraction of sp³-hybridized carbons (Fsp3) is 0.200. The highest BCUT2D eigenvalue weighted by Gasteiger charge is 2.05. The van der Waals surface area contributed by atoms with Crippen molar-refractivity contribution in [3.63, 3.8) is 0 Å². The highest BCUT2D eigenvalue weighted by Crippen LogP contribution is 2.29. The lowest BCUT2D eigenvalue weighted by molar-refractivity contribution is 0.340. The number of benzene rings is 2. The standard InChI is InChI=1S/C15H15ClO/c1-2-17-15-10-9-12-6-3-4-7-13(12)14(15)8-5-11-16/h3-10H,2,11H2,1H3. The SMILES string of the molecule is CCOc1ccc2ccccc2c1C=CCCl. The van der Waals surface area contributed by atoms with Gasteiger partial charge in [0.2, 0.25) is 0 Å². The van der Waals surface area contributed by atoms with Crippen molar-refractivity contribution in [3.8, 4) is 5.75 Å². The third kappa shape index (κ3) is 2.62. The smallest absolute Gasteiger partial charge is 0.127 e. The molecule has 0 atom stereocenters. The van der Waals surface area contributed by atoms with Gasteiger partial charge in [-0.3, -0.25) is 0 Å². The van der Waals surface area contributed by atoms with Gasteiger partial charge in [-0.2, -0.15) is 0 Å². The molecular formula is C15H15ClO. The molecule has 0 N–H and O–H groups in total. The Morgan fingerprint density at radius 3 is 2.76 bits per heavy atom. The Balaban J connectivity index is 2.61. The monoisotopic (exact) mass is 246 g/mol.